The molecule has 1 heterocycles. The van der Waals surface area contributed by atoms with Crippen LogP contribution in [0.3, 0.4) is 0 Å². The molecule has 1 aromatic carbocycles. The zero-order chi connectivity index (χ0) is 14.8. The van der Waals surface area contributed by atoms with Crippen molar-refractivity contribution in [3.8, 4) is 6.07 Å². The van der Waals surface area contributed by atoms with Crippen LogP contribution in [0.5, 0.6) is 0 Å². The molecule has 0 radical (unpaired) electrons. The first-order valence-corrected chi connectivity index (χ1v) is 6.68. The average Bonchev–Trinajstić information content (AvgIpc) is 3.28. The van der Waals surface area contributed by atoms with Crippen molar-refractivity contribution in [3.05, 3.63) is 57.8 Å². The lowest BCUT2D eigenvalue weighted by atomic mass is 10.1. The number of nitrogens with zero attached hydrogens (tertiary/aromatic N) is 3. The molecule has 1 fully saturated rings. The fourth-order valence-corrected chi connectivity index (χ4v) is 2.02. The molecule has 0 atom stereocenters. The lowest BCUT2D eigenvalue weighted by Crippen LogP contribution is -2.23. The van der Waals surface area contributed by atoms with Gasteiger partial charge in [0.05, 0.1) is 30.1 Å². The van der Waals surface area contributed by atoms with Gasteiger partial charge >= 0.3 is 0 Å². The van der Waals surface area contributed by atoms with Crippen molar-refractivity contribution < 1.29 is 4.39 Å². The third-order valence-corrected chi connectivity index (χ3v) is 3.31. The number of halogens is 1. The minimum Gasteiger partial charge on any atom is -0.381 e. The summed E-state index contributed by atoms with van der Waals surface area (Å²) in [6, 6.07) is 7.90. The highest BCUT2D eigenvalue weighted by molar-refractivity contribution is 5.41. The Labute approximate surface area is 120 Å². The second-order valence-electron chi connectivity index (χ2n) is 5.08. The summed E-state index contributed by atoms with van der Waals surface area (Å²) in [5, 5.41) is 16.1. The molecular formula is C15H13FN4O. The summed E-state index contributed by atoms with van der Waals surface area (Å²) in [7, 11) is 0. The smallest absolute Gasteiger partial charge is 0.269 e. The van der Waals surface area contributed by atoms with Crippen LogP contribution < -0.4 is 10.9 Å². The van der Waals surface area contributed by atoms with Crippen LogP contribution in [0, 0.1) is 17.1 Å². The van der Waals surface area contributed by atoms with Crippen LogP contribution >= 0.6 is 0 Å². The van der Waals surface area contributed by atoms with Gasteiger partial charge in [0.1, 0.15) is 5.82 Å². The first kappa shape index (κ1) is 13.3. The minimum absolute atomic E-state index is 0.00386. The number of hydrogen-bond acceptors (Lipinski definition) is 4. The molecule has 1 aromatic heterocycles. The van der Waals surface area contributed by atoms with Gasteiger partial charge in [-0.15, -0.1) is 0 Å². The van der Waals surface area contributed by atoms with E-state index in [1.54, 1.807) is 6.20 Å². The summed E-state index contributed by atoms with van der Waals surface area (Å²) in [4.78, 5) is 12.0. The Kier molecular flexibility index (Phi) is 3.40. The number of anilines is 1. The van der Waals surface area contributed by atoms with E-state index in [-0.39, 0.29) is 17.7 Å². The van der Waals surface area contributed by atoms with Crippen LogP contribution in [-0.4, -0.2) is 15.8 Å². The molecule has 5 nitrogen and oxygen atoms in total. The number of aromatic nitrogens is 2. The van der Waals surface area contributed by atoms with E-state index in [2.05, 4.69) is 10.4 Å². The topological polar surface area (TPSA) is 70.7 Å². The maximum Gasteiger partial charge on any atom is 0.269 e. The molecule has 1 saturated carbocycles. The van der Waals surface area contributed by atoms with Gasteiger partial charge in [-0.3, -0.25) is 4.79 Å². The SMILES string of the molecule is N#Cc1ccc(F)c(Cn2ncc(NC3CC3)cc2=O)c1. The van der Waals surface area contributed by atoms with Gasteiger partial charge in [-0.1, -0.05) is 0 Å². The predicted molar refractivity (Wildman–Crippen MR) is 75.4 cm³/mol. The molecule has 0 saturated heterocycles. The largest absolute Gasteiger partial charge is 0.381 e. The van der Waals surface area contributed by atoms with Crippen molar-refractivity contribution in [2.75, 3.05) is 5.32 Å². The third kappa shape index (κ3) is 3.08. The fourth-order valence-electron chi connectivity index (χ4n) is 2.02. The number of nitriles is 1. The Morgan fingerprint density at radius 3 is 2.90 bits per heavy atom. The molecule has 0 unspecified atom stereocenters. The Morgan fingerprint density at radius 2 is 2.24 bits per heavy atom. The van der Waals surface area contributed by atoms with Gasteiger partial charge in [-0.2, -0.15) is 10.4 Å². The molecule has 106 valence electrons. The number of nitrogens with one attached hydrogen (secondary N) is 1. The Morgan fingerprint density at radius 1 is 1.43 bits per heavy atom. The monoisotopic (exact) mass is 284 g/mol. The van der Waals surface area contributed by atoms with Crippen LogP contribution in [0.4, 0.5) is 10.1 Å². The summed E-state index contributed by atoms with van der Waals surface area (Å²) < 4.78 is 14.9. The first-order valence-electron chi connectivity index (χ1n) is 6.68. The average molecular weight is 284 g/mol. The van der Waals surface area contributed by atoms with Crippen molar-refractivity contribution in [3.63, 3.8) is 0 Å². The van der Waals surface area contributed by atoms with E-state index >= 15 is 0 Å². The molecule has 3 rings (SSSR count). The van der Waals surface area contributed by atoms with Gasteiger partial charge in [0.25, 0.3) is 5.56 Å². The lowest BCUT2D eigenvalue weighted by Gasteiger charge is -2.08. The lowest BCUT2D eigenvalue weighted by molar-refractivity contribution is 0.572. The molecule has 0 spiro atoms. The molecule has 1 aliphatic carbocycles. The van der Waals surface area contributed by atoms with E-state index in [0.29, 0.717) is 17.3 Å². The van der Waals surface area contributed by atoms with Crippen LogP contribution in [-0.2, 0) is 6.54 Å². The van der Waals surface area contributed by atoms with Gasteiger partial charge in [-0.05, 0) is 31.0 Å². The Hall–Kier alpha value is -2.68. The second kappa shape index (κ2) is 5.37. The first-order chi connectivity index (χ1) is 10.2. The molecule has 6 heteroatoms. The molecular weight excluding hydrogens is 271 g/mol. The van der Waals surface area contributed by atoms with Gasteiger partial charge in [0.15, 0.2) is 0 Å². The van der Waals surface area contributed by atoms with Crippen molar-refractivity contribution in [1.82, 2.24) is 9.78 Å². The molecule has 2 aromatic rings. The van der Waals surface area contributed by atoms with E-state index in [9.17, 15) is 9.18 Å². The molecule has 0 bridgehead atoms. The Balaban J connectivity index is 1.84. The highest BCUT2D eigenvalue weighted by atomic mass is 19.1. The van der Waals surface area contributed by atoms with Gasteiger partial charge in [-0.25, -0.2) is 9.07 Å². The third-order valence-electron chi connectivity index (χ3n) is 3.31. The van der Waals surface area contributed by atoms with E-state index in [4.69, 9.17) is 5.26 Å². The van der Waals surface area contributed by atoms with Crippen LogP contribution in [0.1, 0.15) is 24.0 Å². The molecule has 1 N–H and O–H groups in total. The van der Waals surface area contributed by atoms with Crippen molar-refractivity contribution in [2.24, 2.45) is 0 Å². The molecule has 1 aliphatic rings. The minimum atomic E-state index is -0.456. The Bertz CT molecular complexity index is 774. The maximum atomic E-state index is 13.7. The highest BCUT2D eigenvalue weighted by Gasteiger charge is 2.21. The molecule has 0 aliphatic heterocycles. The highest BCUT2D eigenvalue weighted by Crippen LogP contribution is 2.23. The van der Waals surface area contributed by atoms with Gasteiger partial charge < -0.3 is 5.32 Å². The molecule has 0 amide bonds. The van der Waals surface area contributed by atoms with Crippen molar-refractivity contribution >= 4 is 5.69 Å². The van der Waals surface area contributed by atoms with Crippen LogP contribution in [0.2, 0.25) is 0 Å². The quantitative estimate of drug-likeness (QED) is 0.930. The maximum absolute atomic E-state index is 13.7. The summed E-state index contributed by atoms with van der Waals surface area (Å²) >= 11 is 0. The van der Waals surface area contributed by atoms with E-state index in [0.717, 1.165) is 12.8 Å². The van der Waals surface area contributed by atoms with Crippen LogP contribution in [0.15, 0.2) is 35.3 Å². The summed E-state index contributed by atoms with van der Waals surface area (Å²) in [6.07, 6.45) is 3.77. The summed E-state index contributed by atoms with van der Waals surface area (Å²) in [6.45, 7) is 0.00386. The van der Waals surface area contributed by atoms with E-state index < -0.39 is 5.82 Å². The standard InChI is InChI=1S/C15H13FN4O/c16-14-4-1-10(7-17)5-11(14)9-20-15(21)6-13(8-18-20)19-12-2-3-12/h1,4-6,8,12,19H,2-3,9H2. The van der Waals surface area contributed by atoms with E-state index in [1.807, 2.05) is 6.07 Å². The predicted octanol–water partition coefficient (Wildman–Crippen LogP) is 1.88. The second-order valence-corrected chi connectivity index (χ2v) is 5.08. The fraction of sp³-hybridized carbons (Fsp3) is 0.267. The van der Waals surface area contributed by atoms with Crippen molar-refractivity contribution in [2.45, 2.75) is 25.4 Å². The van der Waals surface area contributed by atoms with Gasteiger partial charge in [0.2, 0.25) is 0 Å². The zero-order valence-corrected chi connectivity index (χ0v) is 11.2. The summed E-state index contributed by atoms with van der Waals surface area (Å²) in [5.41, 5.74) is 1.01. The normalized spacial score (nSPS) is 13.7. The van der Waals surface area contributed by atoms with Crippen molar-refractivity contribution in [1.29, 1.82) is 5.26 Å². The number of hydrogen-bond donors (Lipinski definition) is 1. The van der Waals surface area contributed by atoms with Gasteiger partial charge in [0, 0.05) is 17.7 Å². The zero-order valence-electron chi connectivity index (χ0n) is 11.2. The number of benzene rings is 1. The number of rotatable bonds is 4. The summed E-state index contributed by atoms with van der Waals surface area (Å²) in [5.74, 6) is -0.456. The van der Waals surface area contributed by atoms with Crippen LogP contribution in [0.25, 0.3) is 0 Å². The van der Waals surface area contributed by atoms with E-state index in [1.165, 1.54) is 28.9 Å². The molecule has 21 heavy (non-hydrogen) atoms.